The predicted octanol–water partition coefficient (Wildman–Crippen LogP) is 3.18. The van der Waals surface area contributed by atoms with Crippen LogP contribution in [0.4, 0.5) is 0 Å². The molecule has 2 heterocycles. The molecular weight excluding hydrogens is 369 g/mol. The largest absolute Gasteiger partial charge is 0.272 e. The van der Waals surface area contributed by atoms with E-state index in [0.717, 1.165) is 5.56 Å². The van der Waals surface area contributed by atoms with Crippen molar-refractivity contribution in [2.45, 2.75) is 11.8 Å². The molecule has 5 nitrogen and oxygen atoms in total. The quantitative estimate of drug-likeness (QED) is 0.883. The normalized spacial score (nSPS) is 17.2. The Labute approximate surface area is 153 Å². The average Bonchev–Trinajstić information content (AvgIpc) is 2.91. The van der Waals surface area contributed by atoms with E-state index in [9.17, 15) is 9.59 Å². The van der Waals surface area contributed by atoms with E-state index in [0.29, 0.717) is 27.8 Å². The van der Waals surface area contributed by atoms with Gasteiger partial charge in [-0.25, -0.2) is 5.01 Å². The van der Waals surface area contributed by atoms with Crippen LogP contribution in [-0.2, 0) is 11.2 Å². The number of thioether (sulfide) groups is 1. The Balaban J connectivity index is 1.73. The first-order valence-electron chi connectivity index (χ1n) is 7.13. The number of benzene rings is 1. The van der Waals surface area contributed by atoms with Crippen molar-refractivity contribution in [3.8, 4) is 0 Å². The number of amides is 2. The molecule has 1 aromatic carbocycles. The molecule has 124 valence electrons. The summed E-state index contributed by atoms with van der Waals surface area (Å²) in [6, 6.07) is 8.43. The molecule has 3 rings (SSSR count). The molecule has 1 aliphatic heterocycles. The third-order valence-electron chi connectivity index (χ3n) is 3.53. The third kappa shape index (κ3) is 3.83. The maximum atomic E-state index is 12.3. The second kappa shape index (κ2) is 7.42. The molecule has 1 N–H and O–H groups in total. The highest BCUT2D eigenvalue weighted by Crippen LogP contribution is 2.30. The molecule has 0 radical (unpaired) electrons. The summed E-state index contributed by atoms with van der Waals surface area (Å²) in [6.45, 7) is 0. The molecule has 1 atom stereocenters. The van der Waals surface area contributed by atoms with E-state index >= 15 is 0 Å². The van der Waals surface area contributed by atoms with Crippen LogP contribution < -0.4 is 5.43 Å². The summed E-state index contributed by atoms with van der Waals surface area (Å²) < 4.78 is 0. The van der Waals surface area contributed by atoms with E-state index in [4.69, 9.17) is 23.2 Å². The molecule has 24 heavy (non-hydrogen) atoms. The van der Waals surface area contributed by atoms with Gasteiger partial charge in [0.25, 0.3) is 11.8 Å². The van der Waals surface area contributed by atoms with Crippen molar-refractivity contribution in [1.29, 1.82) is 0 Å². The molecule has 1 saturated heterocycles. The van der Waals surface area contributed by atoms with Crippen LogP contribution in [0.2, 0.25) is 10.0 Å². The van der Waals surface area contributed by atoms with Crippen molar-refractivity contribution in [2.24, 2.45) is 0 Å². The molecular formula is C16H13Cl2N3O2S. The first-order valence-corrected chi connectivity index (χ1v) is 8.93. The molecule has 2 amide bonds. The van der Waals surface area contributed by atoms with Crippen LogP contribution in [0, 0.1) is 0 Å². The molecule has 1 aromatic heterocycles. The molecule has 1 fully saturated rings. The first-order chi connectivity index (χ1) is 11.5. The number of pyridine rings is 1. The number of nitrogens with one attached hydrogen (secondary N) is 1. The van der Waals surface area contributed by atoms with Gasteiger partial charge in [-0.15, -0.1) is 11.8 Å². The Morgan fingerprint density at radius 2 is 2.04 bits per heavy atom. The van der Waals surface area contributed by atoms with Crippen LogP contribution >= 0.6 is 35.0 Å². The maximum Gasteiger partial charge on any atom is 0.270 e. The Morgan fingerprint density at radius 1 is 1.29 bits per heavy atom. The highest BCUT2D eigenvalue weighted by molar-refractivity contribution is 8.00. The smallest absolute Gasteiger partial charge is 0.270 e. The highest BCUT2D eigenvalue weighted by Gasteiger charge is 2.33. The van der Waals surface area contributed by atoms with Crippen LogP contribution in [0.3, 0.4) is 0 Å². The van der Waals surface area contributed by atoms with Gasteiger partial charge in [0.05, 0.1) is 5.75 Å². The second-order valence-electron chi connectivity index (χ2n) is 5.15. The number of hydrogen-bond acceptors (Lipinski definition) is 4. The van der Waals surface area contributed by atoms with Crippen molar-refractivity contribution in [1.82, 2.24) is 15.4 Å². The van der Waals surface area contributed by atoms with E-state index < -0.39 is 0 Å². The number of hydrogen-bond donors (Lipinski definition) is 1. The zero-order chi connectivity index (χ0) is 17.1. The summed E-state index contributed by atoms with van der Waals surface area (Å²) in [7, 11) is 0. The molecule has 0 bridgehead atoms. The Kier molecular flexibility index (Phi) is 5.28. The predicted molar refractivity (Wildman–Crippen MR) is 95.0 cm³/mol. The second-order valence-corrected chi connectivity index (χ2v) is 7.16. The minimum atomic E-state index is -0.347. The molecule has 2 aromatic rings. The van der Waals surface area contributed by atoms with Gasteiger partial charge in [-0.3, -0.25) is 20.0 Å². The van der Waals surface area contributed by atoms with Gasteiger partial charge < -0.3 is 0 Å². The van der Waals surface area contributed by atoms with Gasteiger partial charge in [0.2, 0.25) is 0 Å². The van der Waals surface area contributed by atoms with Gasteiger partial charge in [-0.2, -0.15) is 0 Å². The number of nitrogens with zero attached hydrogens (tertiary/aromatic N) is 2. The Morgan fingerprint density at radius 3 is 2.75 bits per heavy atom. The summed E-state index contributed by atoms with van der Waals surface area (Å²) in [5, 5.41) is 2.25. The maximum absolute atomic E-state index is 12.3. The van der Waals surface area contributed by atoms with Crippen molar-refractivity contribution >= 4 is 46.8 Å². The van der Waals surface area contributed by atoms with Crippen LogP contribution in [0.5, 0.6) is 0 Å². The minimum Gasteiger partial charge on any atom is -0.272 e. The molecule has 1 aliphatic rings. The fraction of sp³-hybridized carbons (Fsp3) is 0.188. The van der Waals surface area contributed by atoms with Crippen molar-refractivity contribution < 1.29 is 9.59 Å². The zero-order valence-corrected chi connectivity index (χ0v) is 14.7. The summed E-state index contributed by atoms with van der Waals surface area (Å²) in [4.78, 5) is 28.2. The fourth-order valence-electron chi connectivity index (χ4n) is 2.31. The number of carbonyl (C=O) groups excluding carboxylic acids is 2. The molecule has 0 aliphatic carbocycles. The Hall–Kier alpha value is -1.76. The fourth-order valence-corrected chi connectivity index (χ4v) is 3.89. The van der Waals surface area contributed by atoms with Crippen LogP contribution in [0.1, 0.15) is 15.9 Å². The standard InChI is InChI=1S/C16H13Cl2N3O2S/c17-12-2-1-11(13(18)8-12)7-15-21(14(22)9-24-15)20-16(23)10-3-5-19-6-4-10/h1-6,8,15H,7,9H2,(H,20,23). The molecule has 8 heteroatoms. The van der Waals surface area contributed by atoms with Crippen LogP contribution in [-0.4, -0.2) is 32.9 Å². The van der Waals surface area contributed by atoms with Crippen molar-refractivity contribution in [2.75, 3.05) is 5.75 Å². The topological polar surface area (TPSA) is 62.3 Å². The van der Waals surface area contributed by atoms with E-state index in [2.05, 4.69) is 10.4 Å². The van der Waals surface area contributed by atoms with Gasteiger partial charge in [-0.05, 0) is 29.8 Å². The first kappa shape index (κ1) is 17.1. The number of aromatic nitrogens is 1. The molecule has 0 spiro atoms. The van der Waals surface area contributed by atoms with Gasteiger partial charge in [0, 0.05) is 34.4 Å². The van der Waals surface area contributed by atoms with E-state index in [1.807, 2.05) is 6.07 Å². The number of rotatable bonds is 4. The van der Waals surface area contributed by atoms with Gasteiger partial charge in [0.1, 0.15) is 5.37 Å². The van der Waals surface area contributed by atoms with Crippen LogP contribution in [0.25, 0.3) is 0 Å². The lowest BCUT2D eigenvalue weighted by molar-refractivity contribution is -0.130. The van der Waals surface area contributed by atoms with Gasteiger partial charge in [0.15, 0.2) is 0 Å². The average molecular weight is 382 g/mol. The monoisotopic (exact) mass is 381 g/mol. The van der Waals surface area contributed by atoms with Crippen molar-refractivity contribution in [3.05, 3.63) is 63.9 Å². The lowest BCUT2D eigenvalue weighted by Gasteiger charge is -2.24. The lowest BCUT2D eigenvalue weighted by Crippen LogP contribution is -2.48. The van der Waals surface area contributed by atoms with E-state index in [1.54, 1.807) is 24.3 Å². The molecule has 1 unspecified atom stereocenters. The minimum absolute atomic E-state index is 0.141. The van der Waals surface area contributed by atoms with Crippen molar-refractivity contribution in [3.63, 3.8) is 0 Å². The summed E-state index contributed by atoms with van der Waals surface area (Å²) in [5.74, 6) is -0.176. The van der Waals surface area contributed by atoms with Crippen LogP contribution in [0.15, 0.2) is 42.7 Å². The SMILES string of the molecule is O=C(NN1C(=O)CSC1Cc1ccc(Cl)cc1Cl)c1ccncc1. The number of halogens is 2. The van der Waals surface area contributed by atoms with Gasteiger partial charge >= 0.3 is 0 Å². The molecule has 0 saturated carbocycles. The number of carbonyl (C=O) groups is 2. The van der Waals surface area contributed by atoms with E-state index in [1.165, 1.54) is 29.2 Å². The third-order valence-corrected chi connectivity index (χ3v) is 5.29. The lowest BCUT2D eigenvalue weighted by atomic mass is 10.1. The van der Waals surface area contributed by atoms with Gasteiger partial charge in [-0.1, -0.05) is 29.3 Å². The summed E-state index contributed by atoms with van der Waals surface area (Å²) in [6.07, 6.45) is 3.57. The Bertz CT molecular complexity index is 773. The zero-order valence-electron chi connectivity index (χ0n) is 12.4. The van der Waals surface area contributed by atoms with E-state index in [-0.39, 0.29) is 17.2 Å². The summed E-state index contributed by atoms with van der Waals surface area (Å²) in [5.41, 5.74) is 3.99. The summed E-state index contributed by atoms with van der Waals surface area (Å²) >= 11 is 13.6. The number of hydrazine groups is 1. The highest BCUT2D eigenvalue weighted by atomic mass is 35.5.